The van der Waals surface area contributed by atoms with Crippen LogP contribution < -0.4 is 5.32 Å². The Bertz CT molecular complexity index is 471. The number of hydrogen-bond acceptors (Lipinski definition) is 2. The Labute approximate surface area is 120 Å². The zero-order chi connectivity index (χ0) is 15.1. The summed E-state index contributed by atoms with van der Waals surface area (Å²) in [5.74, 6) is -0.507. The lowest BCUT2D eigenvalue weighted by atomic mass is 9.93. The van der Waals surface area contributed by atoms with Crippen LogP contribution in [-0.2, 0) is 16.0 Å². The fraction of sp³-hybridized carbons (Fsp3) is 0.500. The summed E-state index contributed by atoms with van der Waals surface area (Å²) in [4.78, 5) is 22.6. The van der Waals surface area contributed by atoms with Gasteiger partial charge < -0.3 is 10.4 Å². The summed E-state index contributed by atoms with van der Waals surface area (Å²) < 4.78 is 0. The number of anilines is 1. The first kappa shape index (κ1) is 16.2. The van der Waals surface area contributed by atoms with Crippen molar-refractivity contribution in [3.8, 4) is 0 Å². The molecule has 1 amide bonds. The second-order valence-electron chi connectivity index (χ2n) is 5.26. The lowest BCUT2D eigenvalue weighted by molar-refractivity contribution is -0.137. The van der Waals surface area contributed by atoms with Crippen molar-refractivity contribution in [2.24, 2.45) is 11.8 Å². The molecule has 1 aromatic carbocycles. The maximum atomic E-state index is 12.1. The quantitative estimate of drug-likeness (QED) is 0.803. The van der Waals surface area contributed by atoms with E-state index in [1.165, 1.54) is 0 Å². The van der Waals surface area contributed by atoms with E-state index in [0.717, 1.165) is 17.7 Å². The Balaban J connectivity index is 2.66. The molecule has 0 heterocycles. The predicted molar refractivity (Wildman–Crippen MR) is 79.6 cm³/mol. The summed E-state index contributed by atoms with van der Waals surface area (Å²) >= 11 is 0. The topological polar surface area (TPSA) is 66.4 Å². The smallest absolute Gasteiger partial charge is 0.303 e. The van der Waals surface area contributed by atoms with E-state index in [0.29, 0.717) is 12.3 Å². The first-order valence-corrected chi connectivity index (χ1v) is 7.05. The van der Waals surface area contributed by atoms with E-state index in [9.17, 15) is 9.59 Å². The van der Waals surface area contributed by atoms with Gasteiger partial charge in [-0.25, -0.2) is 0 Å². The van der Waals surface area contributed by atoms with Crippen molar-refractivity contribution >= 4 is 17.6 Å². The van der Waals surface area contributed by atoms with Gasteiger partial charge in [-0.15, -0.1) is 0 Å². The molecule has 0 aromatic heterocycles. The molecule has 20 heavy (non-hydrogen) atoms. The van der Waals surface area contributed by atoms with Crippen LogP contribution in [0.4, 0.5) is 5.69 Å². The molecule has 0 spiro atoms. The molecule has 1 rings (SSSR count). The fourth-order valence-corrected chi connectivity index (χ4v) is 1.92. The molecular weight excluding hydrogens is 254 g/mol. The van der Waals surface area contributed by atoms with Gasteiger partial charge in [0.25, 0.3) is 0 Å². The van der Waals surface area contributed by atoms with E-state index in [4.69, 9.17) is 5.11 Å². The number of aliphatic carboxylic acids is 1. The number of carboxylic acid groups (broad SMARTS) is 1. The van der Waals surface area contributed by atoms with Crippen molar-refractivity contribution in [3.63, 3.8) is 0 Å². The van der Waals surface area contributed by atoms with Crippen molar-refractivity contribution in [1.82, 2.24) is 0 Å². The Hall–Kier alpha value is -1.84. The summed E-state index contributed by atoms with van der Waals surface area (Å²) in [5, 5.41) is 11.6. The Morgan fingerprint density at radius 1 is 1.30 bits per heavy atom. The van der Waals surface area contributed by atoms with Crippen LogP contribution in [0, 0.1) is 11.8 Å². The third kappa shape index (κ3) is 5.03. The number of nitrogens with one attached hydrogen (secondary N) is 1. The summed E-state index contributed by atoms with van der Waals surface area (Å²) in [6.07, 6.45) is 1.54. The van der Waals surface area contributed by atoms with Gasteiger partial charge in [0.2, 0.25) is 5.91 Å². The van der Waals surface area contributed by atoms with Gasteiger partial charge in [-0.3, -0.25) is 9.59 Å². The van der Waals surface area contributed by atoms with Gasteiger partial charge in [0, 0.05) is 18.0 Å². The second kappa shape index (κ2) is 7.68. The maximum Gasteiger partial charge on any atom is 0.303 e. The lowest BCUT2D eigenvalue weighted by Gasteiger charge is -2.18. The van der Waals surface area contributed by atoms with Crippen molar-refractivity contribution < 1.29 is 14.7 Å². The largest absolute Gasteiger partial charge is 0.481 e. The molecular formula is C16H23NO3. The number of rotatable bonds is 7. The standard InChI is InChI=1S/C16H23NO3/c1-4-11(2)12(3)16(20)17-14-7-5-6-13(10-14)8-9-15(18)19/h5-7,10-12H,4,8-9H2,1-3H3,(H,17,20)(H,18,19). The minimum absolute atomic E-state index is 0.00901. The maximum absolute atomic E-state index is 12.1. The Kier molecular flexibility index (Phi) is 6.22. The average Bonchev–Trinajstić information content (AvgIpc) is 2.43. The van der Waals surface area contributed by atoms with Crippen LogP contribution in [0.15, 0.2) is 24.3 Å². The predicted octanol–water partition coefficient (Wildman–Crippen LogP) is 3.32. The number of aryl methyl sites for hydroxylation is 1. The van der Waals surface area contributed by atoms with Crippen molar-refractivity contribution in [2.75, 3.05) is 5.32 Å². The Morgan fingerprint density at radius 2 is 2.00 bits per heavy atom. The van der Waals surface area contributed by atoms with Crippen molar-refractivity contribution in [3.05, 3.63) is 29.8 Å². The van der Waals surface area contributed by atoms with Gasteiger partial charge in [0.1, 0.15) is 0 Å². The molecule has 0 fully saturated rings. The van der Waals surface area contributed by atoms with Crippen LogP contribution >= 0.6 is 0 Å². The zero-order valence-corrected chi connectivity index (χ0v) is 12.3. The minimum Gasteiger partial charge on any atom is -0.481 e. The van der Waals surface area contributed by atoms with Crippen LogP contribution in [0.3, 0.4) is 0 Å². The SMILES string of the molecule is CCC(C)C(C)C(=O)Nc1cccc(CCC(=O)O)c1. The lowest BCUT2D eigenvalue weighted by Crippen LogP contribution is -2.25. The molecule has 4 nitrogen and oxygen atoms in total. The van der Waals surface area contributed by atoms with Gasteiger partial charge in [0.05, 0.1) is 0 Å². The number of amides is 1. The molecule has 2 N–H and O–H groups in total. The first-order chi connectivity index (χ1) is 9.43. The first-order valence-electron chi connectivity index (χ1n) is 7.05. The number of carbonyl (C=O) groups is 2. The van der Waals surface area contributed by atoms with Crippen molar-refractivity contribution in [1.29, 1.82) is 0 Å². The molecule has 0 bridgehead atoms. The van der Waals surface area contributed by atoms with Gasteiger partial charge in [-0.1, -0.05) is 39.3 Å². The molecule has 110 valence electrons. The summed E-state index contributed by atoms with van der Waals surface area (Å²) in [6, 6.07) is 7.37. The van der Waals surface area contributed by atoms with Gasteiger partial charge in [0.15, 0.2) is 0 Å². The molecule has 0 aliphatic carbocycles. The molecule has 1 aromatic rings. The minimum atomic E-state index is -0.815. The molecule has 0 aliphatic heterocycles. The van der Waals surface area contributed by atoms with Crippen LogP contribution in [0.2, 0.25) is 0 Å². The second-order valence-corrected chi connectivity index (χ2v) is 5.26. The van der Waals surface area contributed by atoms with E-state index < -0.39 is 5.97 Å². The highest BCUT2D eigenvalue weighted by Crippen LogP contribution is 2.18. The molecule has 0 saturated carbocycles. The summed E-state index contributed by atoms with van der Waals surface area (Å²) in [6.45, 7) is 6.06. The van der Waals surface area contributed by atoms with Crippen LogP contribution in [-0.4, -0.2) is 17.0 Å². The number of carboxylic acids is 1. The highest BCUT2D eigenvalue weighted by molar-refractivity contribution is 5.92. The van der Waals surface area contributed by atoms with E-state index in [1.807, 2.05) is 31.2 Å². The van der Waals surface area contributed by atoms with E-state index in [1.54, 1.807) is 0 Å². The van der Waals surface area contributed by atoms with Crippen LogP contribution in [0.5, 0.6) is 0 Å². The fourth-order valence-electron chi connectivity index (χ4n) is 1.92. The van der Waals surface area contributed by atoms with Gasteiger partial charge in [-0.2, -0.15) is 0 Å². The molecule has 0 aliphatic rings. The summed E-state index contributed by atoms with van der Waals surface area (Å²) in [7, 11) is 0. The average molecular weight is 277 g/mol. The third-order valence-corrected chi connectivity index (χ3v) is 3.73. The number of hydrogen-bond donors (Lipinski definition) is 2. The highest BCUT2D eigenvalue weighted by atomic mass is 16.4. The molecule has 0 radical (unpaired) electrons. The summed E-state index contributed by atoms with van der Waals surface area (Å²) in [5.41, 5.74) is 1.65. The van der Waals surface area contributed by atoms with Crippen LogP contribution in [0.1, 0.15) is 39.2 Å². The number of carbonyl (C=O) groups excluding carboxylic acids is 1. The van der Waals surface area contributed by atoms with E-state index in [2.05, 4.69) is 19.2 Å². The molecule has 2 atom stereocenters. The third-order valence-electron chi connectivity index (χ3n) is 3.73. The normalized spacial score (nSPS) is 13.6. The zero-order valence-electron chi connectivity index (χ0n) is 12.3. The van der Waals surface area contributed by atoms with E-state index >= 15 is 0 Å². The monoisotopic (exact) mass is 277 g/mol. The molecule has 0 saturated heterocycles. The highest BCUT2D eigenvalue weighted by Gasteiger charge is 2.18. The van der Waals surface area contributed by atoms with Crippen LogP contribution in [0.25, 0.3) is 0 Å². The van der Waals surface area contributed by atoms with Crippen molar-refractivity contribution in [2.45, 2.75) is 40.0 Å². The van der Waals surface area contributed by atoms with E-state index in [-0.39, 0.29) is 18.2 Å². The Morgan fingerprint density at radius 3 is 2.60 bits per heavy atom. The molecule has 2 unspecified atom stereocenters. The van der Waals surface area contributed by atoms with Gasteiger partial charge in [-0.05, 0) is 30.0 Å². The number of benzene rings is 1. The molecule has 4 heteroatoms. The van der Waals surface area contributed by atoms with Gasteiger partial charge >= 0.3 is 5.97 Å².